The summed E-state index contributed by atoms with van der Waals surface area (Å²) in [6.45, 7) is 1.88. The lowest BCUT2D eigenvalue weighted by Crippen LogP contribution is -2.37. The number of aromatic nitrogens is 4. The Morgan fingerprint density at radius 3 is 2.50 bits per heavy atom. The zero-order valence-electron chi connectivity index (χ0n) is 18.2. The number of nitrogens with zero attached hydrogens (tertiary/aromatic N) is 5. The van der Waals surface area contributed by atoms with Gasteiger partial charge in [0, 0.05) is 11.8 Å². The molecule has 0 saturated heterocycles. The molecule has 170 valence electrons. The van der Waals surface area contributed by atoms with Crippen LogP contribution >= 0.6 is 0 Å². The van der Waals surface area contributed by atoms with Crippen LogP contribution in [0.25, 0.3) is 5.70 Å². The molecule has 5 rings (SSSR count). The maximum Gasteiger partial charge on any atom is 0.251 e. The third-order valence-corrected chi connectivity index (χ3v) is 5.58. The van der Waals surface area contributed by atoms with E-state index in [1.165, 1.54) is 6.07 Å². The molecule has 1 aromatic heterocycles. The summed E-state index contributed by atoms with van der Waals surface area (Å²) in [5.74, 6) is -2.06. The second-order valence-electron chi connectivity index (χ2n) is 7.96. The first kappa shape index (κ1) is 21.4. The molecule has 0 aliphatic carbocycles. The highest BCUT2D eigenvalue weighted by Gasteiger charge is 2.31. The zero-order chi connectivity index (χ0) is 23.7. The molecule has 1 unspecified atom stereocenters. The lowest BCUT2D eigenvalue weighted by atomic mass is 10.00. The molecule has 0 saturated carbocycles. The number of carbonyl (C=O) groups is 1. The van der Waals surface area contributed by atoms with Crippen LogP contribution in [-0.2, 0) is 4.79 Å². The van der Waals surface area contributed by atoms with Crippen molar-refractivity contribution >= 4 is 23.2 Å². The number of fused-ring (bicyclic) bond motifs is 1. The summed E-state index contributed by atoms with van der Waals surface area (Å²) < 4.78 is 28.5. The first-order valence-electron chi connectivity index (χ1n) is 10.6. The molecular formula is C25H20F2N6O. The number of aryl methyl sites for hydroxylation is 1. The SMILES string of the molecule is Cc1ccc(C2C=C(c3ccccc3)N(CC(=O)Nc3ccc(F)c(F)c3)c3nnnn32)cc1. The van der Waals surface area contributed by atoms with Gasteiger partial charge in [0.2, 0.25) is 5.91 Å². The van der Waals surface area contributed by atoms with E-state index in [2.05, 4.69) is 20.8 Å². The summed E-state index contributed by atoms with van der Waals surface area (Å²) >= 11 is 0. The molecule has 1 amide bonds. The van der Waals surface area contributed by atoms with E-state index < -0.39 is 17.5 Å². The number of halogens is 2. The summed E-state index contributed by atoms with van der Waals surface area (Å²) in [5, 5.41) is 14.8. The highest BCUT2D eigenvalue weighted by atomic mass is 19.2. The molecule has 0 radical (unpaired) electrons. The fourth-order valence-corrected chi connectivity index (χ4v) is 3.90. The fraction of sp³-hybridized carbons (Fsp3) is 0.120. The van der Waals surface area contributed by atoms with E-state index in [9.17, 15) is 13.6 Å². The molecule has 4 aromatic rings. The number of benzene rings is 3. The van der Waals surface area contributed by atoms with Crippen LogP contribution < -0.4 is 10.2 Å². The molecule has 7 nitrogen and oxygen atoms in total. The zero-order valence-corrected chi connectivity index (χ0v) is 18.2. The Bertz CT molecular complexity index is 1370. The van der Waals surface area contributed by atoms with E-state index in [4.69, 9.17) is 0 Å². The number of amides is 1. The smallest absolute Gasteiger partial charge is 0.251 e. The molecule has 1 aliphatic rings. The maximum absolute atomic E-state index is 13.6. The van der Waals surface area contributed by atoms with Crippen molar-refractivity contribution < 1.29 is 13.6 Å². The molecule has 0 fully saturated rings. The van der Waals surface area contributed by atoms with Crippen LogP contribution in [0.2, 0.25) is 0 Å². The summed E-state index contributed by atoms with van der Waals surface area (Å²) in [6.07, 6.45) is 2.01. The van der Waals surface area contributed by atoms with Gasteiger partial charge >= 0.3 is 0 Å². The summed E-state index contributed by atoms with van der Waals surface area (Å²) in [5.41, 5.74) is 3.93. The minimum Gasteiger partial charge on any atom is -0.324 e. The van der Waals surface area contributed by atoms with Crippen LogP contribution in [0, 0.1) is 18.6 Å². The number of hydrogen-bond acceptors (Lipinski definition) is 5. The molecule has 34 heavy (non-hydrogen) atoms. The first-order chi connectivity index (χ1) is 16.5. The first-order valence-corrected chi connectivity index (χ1v) is 10.6. The van der Waals surface area contributed by atoms with Gasteiger partial charge < -0.3 is 5.32 Å². The summed E-state index contributed by atoms with van der Waals surface area (Å²) in [7, 11) is 0. The Kier molecular flexibility index (Phi) is 5.59. The quantitative estimate of drug-likeness (QED) is 0.481. The van der Waals surface area contributed by atoms with Crippen molar-refractivity contribution in [1.82, 2.24) is 20.2 Å². The second-order valence-corrected chi connectivity index (χ2v) is 7.96. The van der Waals surface area contributed by atoms with Gasteiger partial charge in [0.05, 0.1) is 5.70 Å². The van der Waals surface area contributed by atoms with Gasteiger partial charge in [0.1, 0.15) is 12.6 Å². The molecule has 1 aliphatic heterocycles. The number of rotatable bonds is 5. The van der Waals surface area contributed by atoms with Gasteiger partial charge in [0.25, 0.3) is 5.95 Å². The number of allylic oxidation sites excluding steroid dienone is 1. The Labute approximate surface area is 194 Å². The molecule has 9 heteroatoms. The van der Waals surface area contributed by atoms with Crippen molar-refractivity contribution in [2.45, 2.75) is 13.0 Å². The van der Waals surface area contributed by atoms with Gasteiger partial charge in [0.15, 0.2) is 11.6 Å². The molecule has 2 heterocycles. The average molecular weight is 458 g/mol. The molecule has 0 spiro atoms. The normalized spacial score (nSPS) is 15.0. The topological polar surface area (TPSA) is 75.9 Å². The predicted octanol–water partition coefficient (Wildman–Crippen LogP) is 4.35. The van der Waals surface area contributed by atoms with Crippen molar-refractivity contribution in [2.75, 3.05) is 16.8 Å². The van der Waals surface area contributed by atoms with Crippen molar-refractivity contribution in [3.05, 3.63) is 107 Å². The number of hydrogen-bond donors (Lipinski definition) is 1. The minimum absolute atomic E-state index is 0.138. The number of nitrogens with one attached hydrogen (secondary N) is 1. The van der Waals surface area contributed by atoms with Crippen LogP contribution in [0.5, 0.6) is 0 Å². The number of anilines is 2. The minimum atomic E-state index is -1.04. The standard InChI is InChI=1S/C25H20F2N6O/c1-16-7-9-18(10-8-16)23-14-22(17-5-3-2-4-6-17)32(25-29-30-31-33(23)25)15-24(34)28-19-11-12-20(26)21(27)13-19/h2-14,23H,15H2,1H3,(H,28,34). The largest absolute Gasteiger partial charge is 0.324 e. The fourth-order valence-electron chi connectivity index (χ4n) is 3.90. The Morgan fingerprint density at radius 1 is 1.00 bits per heavy atom. The van der Waals surface area contributed by atoms with Crippen LogP contribution in [0.3, 0.4) is 0 Å². The van der Waals surface area contributed by atoms with Gasteiger partial charge in [-0.3, -0.25) is 9.69 Å². The predicted molar refractivity (Wildman–Crippen MR) is 124 cm³/mol. The average Bonchev–Trinajstić information content (AvgIpc) is 3.33. The third-order valence-electron chi connectivity index (χ3n) is 5.58. The Balaban J connectivity index is 1.51. The van der Waals surface area contributed by atoms with Crippen molar-refractivity contribution in [3.8, 4) is 0 Å². The number of carbonyl (C=O) groups excluding carboxylic acids is 1. The number of tetrazole rings is 1. The van der Waals surface area contributed by atoms with Gasteiger partial charge in [-0.1, -0.05) is 65.3 Å². The van der Waals surface area contributed by atoms with E-state index in [0.717, 1.165) is 34.5 Å². The highest BCUT2D eigenvalue weighted by molar-refractivity contribution is 5.97. The lowest BCUT2D eigenvalue weighted by Gasteiger charge is -2.32. The van der Waals surface area contributed by atoms with Crippen LogP contribution in [0.4, 0.5) is 20.4 Å². The molecular weight excluding hydrogens is 438 g/mol. The third kappa shape index (κ3) is 4.15. The van der Waals surface area contributed by atoms with Gasteiger partial charge in [-0.2, -0.15) is 4.68 Å². The van der Waals surface area contributed by atoms with E-state index >= 15 is 0 Å². The molecule has 1 atom stereocenters. The van der Waals surface area contributed by atoms with Gasteiger partial charge in [-0.25, -0.2) is 8.78 Å². The Morgan fingerprint density at radius 2 is 1.76 bits per heavy atom. The monoisotopic (exact) mass is 458 g/mol. The van der Waals surface area contributed by atoms with Crippen molar-refractivity contribution in [1.29, 1.82) is 0 Å². The lowest BCUT2D eigenvalue weighted by molar-refractivity contribution is -0.114. The summed E-state index contributed by atoms with van der Waals surface area (Å²) in [4.78, 5) is 14.6. The van der Waals surface area contributed by atoms with Crippen LogP contribution in [-0.4, -0.2) is 32.7 Å². The summed E-state index contributed by atoms with van der Waals surface area (Å²) in [6, 6.07) is 20.7. The van der Waals surface area contributed by atoms with Crippen molar-refractivity contribution in [2.24, 2.45) is 0 Å². The molecule has 1 N–H and O–H groups in total. The Hall–Kier alpha value is -4.40. The van der Waals surface area contributed by atoms with E-state index in [0.29, 0.717) is 5.95 Å². The highest BCUT2D eigenvalue weighted by Crippen LogP contribution is 2.36. The second kappa shape index (κ2) is 8.86. The maximum atomic E-state index is 13.6. The van der Waals surface area contributed by atoms with Crippen LogP contribution in [0.15, 0.2) is 78.9 Å². The molecule has 3 aromatic carbocycles. The van der Waals surface area contributed by atoms with Gasteiger partial charge in [-0.05, 0) is 46.7 Å². The van der Waals surface area contributed by atoms with Crippen molar-refractivity contribution in [3.63, 3.8) is 0 Å². The van der Waals surface area contributed by atoms with Gasteiger partial charge in [-0.15, -0.1) is 0 Å². The van der Waals surface area contributed by atoms with E-state index in [-0.39, 0.29) is 18.3 Å². The van der Waals surface area contributed by atoms with E-state index in [1.807, 2.05) is 67.6 Å². The molecule has 0 bridgehead atoms. The van der Waals surface area contributed by atoms with E-state index in [1.54, 1.807) is 9.58 Å². The van der Waals surface area contributed by atoms with Crippen LogP contribution in [0.1, 0.15) is 22.7 Å².